The Morgan fingerprint density at radius 3 is 2.36 bits per heavy atom. The van der Waals surface area contributed by atoms with Crippen molar-refractivity contribution >= 4 is 66.9 Å². The molecule has 1 amide bonds. The summed E-state index contributed by atoms with van der Waals surface area (Å²) in [7, 11) is -0.797. The van der Waals surface area contributed by atoms with Crippen molar-refractivity contribution in [2.45, 2.75) is 40.3 Å². The molecule has 4 aromatic rings. The number of aromatic nitrogens is 2. The zero-order valence-electron chi connectivity index (χ0n) is 25.2. The first-order chi connectivity index (χ1) is 21.8. The van der Waals surface area contributed by atoms with Gasteiger partial charge in [-0.1, -0.05) is 34.7 Å². The van der Waals surface area contributed by atoms with Gasteiger partial charge in [0.2, 0.25) is 5.91 Å². The van der Waals surface area contributed by atoms with Gasteiger partial charge in [0.1, 0.15) is 11.6 Å². The first-order valence-corrected chi connectivity index (χ1v) is 16.7. The maximum atomic E-state index is 14.5. The number of aliphatic carboxylic acids is 1. The number of rotatable bonds is 7. The highest BCUT2D eigenvalue weighted by Gasteiger charge is 2.50. The molecule has 0 saturated heterocycles. The van der Waals surface area contributed by atoms with E-state index < -0.39 is 66.4 Å². The average molecular weight is 788 g/mol. The van der Waals surface area contributed by atoms with Crippen molar-refractivity contribution in [3.8, 4) is 0 Å². The Labute approximate surface area is 281 Å². The molecule has 3 aromatic carbocycles. The Balaban J connectivity index is 1.41. The zero-order chi connectivity index (χ0) is 34.6. The number of carbonyl (C=O) groups excluding carboxylic acids is 1. The number of anilines is 2. The van der Waals surface area contributed by atoms with Gasteiger partial charge in [-0.2, -0.15) is 13.2 Å². The molecule has 5 rings (SSSR count). The topological polar surface area (TPSA) is 148 Å². The summed E-state index contributed by atoms with van der Waals surface area (Å²) in [6.07, 6.45) is -4.76. The fourth-order valence-corrected chi connectivity index (χ4v) is 8.15. The summed E-state index contributed by atoms with van der Waals surface area (Å²) < 4.78 is 82.4. The predicted molar refractivity (Wildman–Crippen MR) is 175 cm³/mol. The van der Waals surface area contributed by atoms with Gasteiger partial charge in [0.05, 0.1) is 48.2 Å². The van der Waals surface area contributed by atoms with Crippen LogP contribution in [0.1, 0.15) is 35.7 Å². The van der Waals surface area contributed by atoms with Crippen molar-refractivity contribution in [1.29, 1.82) is 0 Å². The Bertz CT molecular complexity index is 1980. The molecule has 1 saturated carbocycles. The van der Waals surface area contributed by atoms with Gasteiger partial charge in [-0.05, 0) is 73.9 Å². The van der Waals surface area contributed by atoms with Crippen molar-refractivity contribution in [2.75, 3.05) is 16.7 Å². The van der Waals surface area contributed by atoms with E-state index in [9.17, 15) is 40.7 Å². The molecule has 250 valence electrons. The number of alkyl halides is 4. The molecule has 0 radical (unpaired) electrons. The Hall–Kier alpha value is -3.77. The summed E-state index contributed by atoms with van der Waals surface area (Å²) in [6.45, 7) is 1.81. The number of benzene rings is 3. The number of amides is 1. The monoisotopic (exact) mass is 787 g/mol. The van der Waals surface area contributed by atoms with Gasteiger partial charge in [0.25, 0.3) is 10.0 Å². The van der Waals surface area contributed by atoms with E-state index >= 15 is 0 Å². The summed E-state index contributed by atoms with van der Waals surface area (Å²) in [5.74, 6) is -6.26. The van der Waals surface area contributed by atoms with Gasteiger partial charge in [-0.15, -0.1) is 0 Å². The molecule has 0 bridgehead atoms. The minimum Gasteiger partial charge on any atom is -0.481 e. The third-order valence-corrected chi connectivity index (χ3v) is 11.2. The van der Waals surface area contributed by atoms with Gasteiger partial charge >= 0.3 is 12.1 Å². The molecular weight excluding hydrogens is 757 g/mol. The van der Waals surface area contributed by atoms with Crippen LogP contribution in [0.5, 0.6) is 0 Å². The van der Waals surface area contributed by atoms with Crippen LogP contribution in [0.3, 0.4) is 0 Å². The minimum atomic E-state index is -4.80. The molecule has 16 heteroatoms. The van der Waals surface area contributed by atoms with Crippen molar-refractivity contribution in [2.24, 2.45) is 24.6 Å². The first kappa shape index (κ1) is 34.6. The number of carbonyl (C=O) groups is 2. The van der Waals surface area contributed by atoms with Crippen LogP contribution >= 0.6 is 22.6 Å². The van der Waals surface area contributed by atoms with Crippen LogP contribution in [0.25, 0.3) is 11.0 Å². The second kappa shape index (κ2) is 12.4. The number of imidazole rings is 1. The lowest BCUT2D eigenvalue weighted by molar-refractivity contribution is -0.149. The predicted octanol–water partition coefficient (Wildman–Crippen LogP) is 5.79. The second-order valence-corrected chi connectivity index (χ2v) is 15.8. The highest BCUT2D eigenvalue weighted by molar-refractivity contribution is 14.1. The molecular formula is C31H30F4IN5O5S. The number of fused-ring (bicyclic) bond motifs is 1. The number of carboxylic acids is 1. The van der Waals surface area contributed by atoms with Crippen molar-refractivity contribution in [3.63, 3.8) is 0 Å². The first-order valence-electron chi connectivity index (χ1n) is 14.2. The second-order valence-electron chi connectivity index (χ2n) is 11.6. The summed E-state index contributed by atoms with van der Waals surface area (Å²) in [6, 6.07) is 12.4. The average Bonchev–Trinajstić information content (AvgIpc) is 3.28. The van der Waals surface area contributed by atoms with Crippen LogP contribution in [0.15, 0.2) is 65.6 Å². The molecule has 0 aliphatic heterocycles. The zero-order valence-corrected chi connectivity index (χ0v) is 28.2. The smallest absolute Gasteiger partial charge is 0.416 e. The summed E-state index contributed by atoms with van der Waals surface area (Å²) in [4.78, 5) is 30.4. The van der Waals surface area contributed by atoms with Crippen LogP contribution in [-0.4, -0.2) is 45.5 Å². The van der Waals surface area contributed by atoms with Crippen molar-refractivity contribution in [3.05, 3.63) is 83.4 Å². The molecule has 1 heterocycles. The third kappa shape index (κ3) is 6.80. The highest BCUT2D eigenvalue weighted by Crippen LogP contribution is 2.48. The number of nitrogens with two attached hydrogens (primary N) is 1. The number of hydrogen-bond donors (Lipinski definition) is 3. The normalized spacial score (nSPS) is 21.9. The number of nitrogens with zero attached hydrogens (tertiary/aromatic N) is 3. The maximum absolute atomic E-state index is 14.5. The highest BCUT2D eigenvalue weighted by atomic mass is 127. The molecule has 0 spiro atoms. The fourth-order valence-electron chi connectivity index (χ4n) is 5.98. The van der Waals surface area contributed by atoms with E-state index in [1.165, 1.54) is 31.3 Å². The molecule has 1 aliphatic rings. The lowest BCUT2D eigenvalue weighted by Crippen LogP contribution is -2.50. The quantitative estimate of drug-likeness (QED) is 0.0931. The number of sulfonamides is 1. The number of aryl methyl sites for hydroxylation is 2. The van der Waals surface area contributed by atoms with Crippen molar-refractivity contribution < 1.29 is 40.7 Å². The minimum absolute atomic E-state index is 0.0315. The number of halogens is 5. The maximum Gasteiger partial charge on any atom is 0.416 e. The van der Waals surface area contributed by atoms with E-state index in [2.05, 4.69) is 10.3 Å². The molecule has 10 nitrogen and oxygen atoms in total. The van der Waals surface area contributed by atoms with E-state index in [1.54, 1.807) is 18.2 Å². The summed E-state index contributed by atoms with van der Waals surface area (Å²) in [5, 5.41) is 12.5. The van der Waals surface area contributed by atoms with Gasteiger partial charge in [-0.25, -0.2) is 17.8 Å². The SMILES string of the molecule is Cc1nc2cc(S(=O)(=O)N(C)c3ccc([C@@H]4C[C@](N)(I)C[C@H](C(=O)Nc5ccc(C(F)(F)F)cc5F)[C@H]4C(=O)O)cc3)ccc2n1C. The largest absolute Gasteiger partial charge is 0.481 e. The molecule has 1 aliphatic carbocycles. The Kier molecular flexibility index (Phi) is 9.08. The number of hydrogen-bond acceptors (Lipinski definition) is 6. The van der Waals surface area contributed by atoms with E-state index in [0.29, 0.717) is 17.1 Å². The molecule has 47 heavy (non-hydrogen) atoms. The third-order valence-electron chi connectivity index (χ3n) is 8.58. The number of nitrogens with one attached hydrogen (secondary N) is 1. The molecule has 1 fully saturated rings. The van der Waals surface area contributed by atoms with E-state index in [0.717, 1.165) is 21.7 Å². The van der Waals surface area contributed by atoms with E-state index in [-0.39, 0.29) is 29.5 Å². The molecule has 0 unspecified atom stereocenters. The van der Waals surface area contributed by atoms with Gasteiger partial charge in [-0.3, -0.25) is 13.9 Å². The van der Waals surface area contributed by atoms with E-state index in [4.69, 9.17) is 5.73 Å². The lowest BCUT2D eigenvalue weighted by atomic mass is 9.67. The van der Waals surface area contributed by atoms with Gasteiger partial charge in [0.15, 0.2) is 0 Å². The summed E-state index contributed by atoms with van der Waals surface area (Å²) in [5.41, 5.74) is 6.74. The van der Waals surface area contributed by atoms with Crippen LogP contribution in [0, 0.1) is 24.6 Å². The van der Waals surface area contributed by atoms with Crippen LogP contribution in [0.4, 0.5) is 28.9 Å². The van der Waals surface area contributed by atoms with Crippen LogP contribution in [0.2, 0.25) is 0 Å². The summed E-state index contributed by atoms with van der Waals surface area (Å²) >= 11 is 1.92. The molecule has 4 atom stereocenters. The van der Waals surface area contributed by atoms with Crippen LogP contribution in [-0.2, 0) is 32.8 Å². The van der Waals surface area contributed by atoms with Crippen molar-refractivity contribution in [1.82, 2.24) is 9.55 Å². The fraction of sp³-hybridized carbons (Fsp3) is 0.323. The van der Waals surface area contributed by atoms with Gasteiger partial charge < -0.3 is 20.7 Å². The molecule has 1 aromatic heterocycles. The Morgan fingerprint density at radius 2 is 1.77 bits per heavy atom. The standard InChI is InChI=1S/C31H30F4IN5O5S/c1-16-38-25-13-20(9-11-26(25)40(16)2)47(45,46)41(3)19-7-4-17(5-8-19)21-14-30(36,37)15-22(27(21)29(43)44)28(42)39-24-10-6-18(12-23(24)32)31(33,34)35/h4-13,21-22,27H,14-15,37H2,1-3H3,(H,39,42)(H,43,44)/t21-,22-,27-,30+/m0/s1. The number of carboxylic acid groups (broad SMARTS) is 1. The molecule has 4 N–H and O–H groups in total. The Morgan fingerprint density at radius 1 is 1.11 bits per heavy atom. The van der Waals surface area contributed by atoms with E-state index in [1.807, 2.05) is 41.1 Å². The lowest BCUT2D eigenvalue weighted by Gasteiger charge is -2.42. The van der Waals surface area contributed by atoms with Crippen LogP contribution < -0.4 is 15.4 Å². The van der Waals surface area contributed by atoms with Gasteiger partial charge in [0, 0.05) is 20.0 Å².